The molecule has 0 aliphatic carbocycles. The molecule has 7 nitrogen and oxygen atoms in total. The van der Waals surface area contributed by atoms with Crippen molar-refractivity contribution >= 4 is 42.3 Å². The third kappa shape index (κ3) is 4.04. The van der Waals surface area contributed by atoms with Gasteiger partial charge in [-0.25, -0.2) is 4.98 Å². The van der Waals surface area contributed by atoms with Crippen LogP contribution in [0, 0.1) is 0 Å². The number of aromatic nitrogens is 3. The number of carbonyl (C=O) groups is 1. The molecule has 30 heavy (non-hydrogen) atoms. The van der Waals surface area contributed by atoms with E-state index in [4.69, 9.17) is 23.9 Å². The van der Waals surface area contributed by atoms with E-state index in [9.17, 15) is 4.79 Å². The average Bonchev–Trinajstić information content (AvgIpc) is 3.41. The predicted octanol–water partition coefficient (Wildman–Crippen LogP) is 3.01. The van der Waals surface area contributed by atoms with Gasteiger partial charge in [-0.15, -0.1) is 0 Å². The van der Waals surface area contributed by atoms with Gasteiger partial charge in [0.15, 0.2) is 5.65 Å². The Hall–Kier alpha value is -3.26. The summed E-state index contributed by atoms with van der Waals surface area (Å²) in [6.07, 6.45) is 5.25. The van der Waals surface area contributed by atoms with Crippen molar-refractivity contribution in [2.24, 2.45) is 0 Å². The number of amides is 1. The van der Waals surface area contributed by atoms with Gasteiger partial charge in [-0.1, -0.05) is 29.8 Å². The van der Waals surface area contributed by atoms with E-state index in [2.05, 4.69) is 15.4 Å². The summed E-state index contributed by atoms with van der Waals surface area (Å²) >= 11 is 6.35. The lowest BCUT2D eigenvalue weighted by Crippen LogP contribution is -2.28. The number of nitrogens with one attached hydrogen (secondary N) is 1. The monoisotopic (exact) mass is 419 g/mol. The summed E-state index contributed by atoms with van der Waals surface area (Å²) in [7, 11) is 7.81. The summed E-state index contributed by atoms with van der Waals surface area (Å²) in [4.78, 5) is 18.6. The van der Waals surface area contributed by atoms with Crippen LogP contribution in [-0.4, -0.2) is 53.4 Å². The van der Waals surface area contributed by atoms with Crippen LogP contribution in [0.25, 0.3) is 16.9 Å². The number of carbonyl (C=O) groups excluding carboxylic acids is 1. The Kier molecular flexibility index (Phi) is 5.76. The van der Waals surface area contributed by atoms with Gasteiger partial charge in [0.05, 0.1) is 17.5 Å². The highest BCUT2D eigenvalue weighted by Gasteiger charge is 2.14. The smallest absolute Gasteiger partial charge is 0.256 e. The topological polar surface area (TPSA) is 75.7 Å². The van der Waals surface area contributed by atoms with Gasteiger partial charge in [0.1, 0.15) is 19.9 Å². The van der Waals surface area contributed by atoms with Gasteiger partial charge in [0.25, 0.3) is 5.91 Å². The summed E-state index contributed by atoms with van der Waals surface area (Å²) in [5.41, 5.74) is 3.10. The first kappa shape index (κ1) is 20.0. The van der Waals surface area contributed by atoms with Crippen LogP contribution in [0.4, 0.5) is 5.82 Å². The molecule has 1 N–H and O–H groups in total. The fraction of sp³-hybridized carbons (Fsp3) is 0.190. The summed E-state index contributed by atoms with van der Waals surface area (Å²) in [5, 5.41) is 8.28. The number of rotatable bonds is 7. The molecule has 3 heterocycles. The van der Waals surface area contributed by atoms with Crippen molar-refractivity contribution in [1.82, 2.24) is 19.5 Å². The first-order valence-electron chi connectivity index (χ1n) is 9.45. The Labute approximate surface area is 180 Å². The fourth-order valence-corrected chi connectivity index (χ4v) is 3.39. The molecule has 1 amide bonds. The van der Waals surface area contributed by atoms with Crippen LogP contribution in [0.1, 0.15) is 16.8 Å². The molecule has 0 saturated carbocycles. The van der Waals surface area contributed by atoms with E-state index in [0.717, 1.165) is 17.8 Å². The highest BCUT2D eigenvalue weighted by atomic mass is 35.5. The number of benzene rings is 1. The van der Waals surface area contributed by atoms with Gasteiger partial charge in [-0.05, 0) is 24.0 Å². The highest BCUT2D eigenvalue weighted by molar-refractivity contribution is 6.36. The van der Waals surface area contributed by atoms with Crippen LogP contribution in [-0.2, 0) is 0 Å². The summed E-state index contributed by atoms with van der Waals surface area (Å²) in [6, 6.07) is 11.1. The SMILES string of the molecule is [B]c1cnn2c(NCCCN(C)C(=O)c3ccoc3)cc(-c3ccccc3Cl)nc12. The third-order valence-corrected chi connectivity index (χ3v) is 5.07. The zero-order valence-corrected chi connectivity index (χ0v) is 17.1. The van der Waals surface area contributed by atoms with E-state index in [0.29, 0.717) is 40.5 Å². The Balaban J connectivity index is 1.48. The number of nitrogens with zero attached hydrogens (tertiary/aromatic N) is 4. The molecule has 1 aromatic carbocycles. The minimum Gasteiger partial charge on any atom is -0.472 e. The Bertz CT molecular complexity index is 1180. The van der Waals surface area contributed by atoms with Crippen LogP contribution in [0.3, 0.4) is 0 Å². The van der Waals surface area contributed by atoms with Gasteiger partial charge < -0.3 is 14.6 Å². The molecular formula is C21H19BClN5O2. The van der Waals surface area contributed by atoms with Crippen LogP contribution < -0.4 is 10.8 Å². The van der Waals surface area contributed by atoms with Crippen molar-refractivity contribution < 1.29 is 9.21 Å². The minimum absolute atomic E-state index is 0.0732. The van der Waals surface area contributed by atoms with E-state index in [1.54, 1.807) is 28.7 Å². The second kappa shape index (κ2) is 8.63. The minimum atomic E-state index is -0.0732. The van der Waals surface area contributed by atoms with Crippen molar-refractivity contribution in [2.45, 2.75) is 6.42 Å². The first-order valence-corrected chi connectivity index (χ1v) is 9.83. The van der Waals surface area contributed by atoms with Crippen molar-refractivity contribution in [1.29, 1.82) is 0 Å². The van der Waals surface area contributed by atoms with E-state index in [1.165, 1.54) is 12.5 Å². The van der Waals surface area contributed by atoms with Crippen molar-refractivity contribution in [3.05, 3.63) is 65.7 Å². The molecule has 0 atom stereocenters. The number of furan rings is 1. The third-order valence-electron chi connectivity index (χ3n) is 4.74. The zero-order valence-electron chi connectivity index (χ0n) is 16.4. The molecular weight excluding hydrogens is 401 g/mol. The van der Waals surface area contributed by atoms with Gasteiger partial charge in [0.2, 0.25) is 0 Å². The van der Waals surface area contributed by atoms with E-state index < -0.39 is 0 Å². The van der Waals surface area contributed by atoms with Crippen LogP contribution >= 0.6 is 11.6 Å². The maximum absolute atomic E-state index is 12.3. The van der Waals surface area contributed by atoms with Crippen LogP contribution in [0.5, 0.6) is 0 Å². The summed E-state index contributed by atoms with van der Waals surface area (Å²) in [6.45, 7) is 1.22. The first-order chi connectivity index (χ1) is 14.5. The molecule has 0 saturated heterocycles. The molecule has 4 rings (SSSR count). The van der Waals surface area contributed by atoms with Gasteiger partial charge >= 0.3 is 0 Å². The quantitative estimate of drug-likeness (QED) is 0.368. The van der Waals surface area contributed by atoms with Gasteiger partial charge in [0, 0.05) is 43.0 Å². The maximum atomic E-state index is 12.3. The molecule has 0 spiro atoms. The highest BCUT2D eigenvalue weighted by Crippen LogP contribution is 2.28. The molecule has 0 fully saturated rings. The average molecular weight is 420 g/mol. The lowest BCUT2D eigenvalue weighted by molar-refractivity contribution is 0.0794. The number of hydrogen-bond acceptors (Lipinski definition) is 5. The molecule has 0 unspecified atom stereocenters. The molecule has 0 aliphatic heterocycles. The maximum Gasteiger partial charge on any atom is 0.256 e. The molecule has 0 aliphatic rings. The fourth-order valence-electron chi connectivity index (χ4n) is 3.15. The number of anilines is 1. The molecule has 0 bridgehead atoms. The number of fused-ring (bicyclic) bond motifs is 1. The summed E-state index contributed by atoms with van der Waals surface area (Å²) in [5.74, 6) is 0.673. The normalized spacial score (nSPS) is 11.0. The van der Waals surface area contributed by atoms with Gasteiger partial charge in [-0.2, -0.15) is 9.61 Å². The van der Waals surface area contributed by atoms with Crippen LogP contribution in [0.2, 0.25) is 5.02 Å². The number of hydrogen-bond donors (Lipinski definition) is 1. The molecule has 150 valence electrons. The number of halogens is 1. The standard InChI is InChI=1S/C21H19BClN5O2/c1-27(21(29)14-7-10-30-13-14)9-4-8-24-19-11-18(15-5-2-3-6-17(15)23)26-20-16(22)12-25-28(19)20/h2-3,5-7,10-13,24H,4,8-9H2,1H3. The molecule has 4 aromatic rings. The molecule has 3 aromatic heterocycles. The summed E-state index contributed by atoms with van der Waals surface area (Å²) < 4.78 is 6.64. The van der Waals surface area contributed by atoms with Crippen molar-refractivity contribution in [3.8, 4) is 11.3 Å². The van der Waals surface area contributed by atoms with Crippen molar-refractivity contribution in [2.75, 3.05) is 25.5 Å². The largest absolute Gasteiger partial charge is 0.472 e. The van der Waals surface area contributed by atoms with Crippen molar-refractivity contribution in [3.63, 3.8) is 0 Å². The van der Waals surface area contributed by atoms with E-state index >= 15 is 0 Å². The predicted molar refractivity (Wildman–Crippen MR) is 118 cm³/mol. The second-order valence-electron chi connectivity index (χ2n) is 6.86. The Morgan fingerprint density at radius 3 is 2.93 bits per heavy atom. The van der Waals surface area contributed by atoms with Gasteiger partial charge in [-0.3, -0.25) is 4.79 Å². The Morgan fingerprint density at radius 1 is 1.33 bits per heavy atom. The lowest BCUT2D eigenvalue weighted by Gasteiger charge is -2.17. The Morgan fingerprint density at radius 2 is 2.17 bits per heavy atom. The second-order valence-corrected chi connectivity index (χ2v) is 7.27. The van der Waals surface area contributed by atoms with E-state index in [-0.39, 0.29) is 5.91 Å². The zero-order chi connectivity index (χ0) is 21.1. The molecule has 9 heteroatoms. The lowest BCUT2D eigenvalue weighted by atomic mass is 10.0. The molecule has 2 radical (unpaired) electrons. The van der Waals surface area contributed by atoms with Crippen LogP contribution in [0.15, 0.2) is 59.5 Å². The van der Waals surface area contributed by atoms with E-state index in [1.807, 2.05) is 30.3 Å².